The summed E-state index contributed by atoms with van der Waals surface area (Å²) in [6, 6.07) is 0. The van der Waals surface area contributed by atoms with Gasteiger partial charge in [0.1, 0.15) is 6.10 Å². The van der Waals surface area contributed by atoms with Gasteiger partial charge in [-0.15, -0.1) is 0 Å². The summed E-state index contributed by atoms with van der Waals surface area (Å²) in [5.74, 6) is 5.32. The lowest BCUT2D eigenvalue weighted by molar-refractivity contribution is -0.128. The van der Waals surface area contributed by atoms with E-state index in [9.17, 15) is 15.0 Å². The fourth-order valence-electron chi connectivity index (χ4n) is 1.60. The highest BCUT2D eigenvalue weighted by Gasteiger charge is 2.23. The molecule has 0 heterocycles. The molecule has 0 saturated heterocycles. The summed E-state index contributed by atoms with van der Waals surface area (Å²) in [6.07, 6.45) is 11.4. The third kappa shape index (κ3) is 9.63. The van der Waals surface area contributed by atoms with Gasteiger partial charge in [0.15, 0.2) is 0 Å². The Morgan fingerprint density at radius 1 is 1.29 bits per heavy atom. The second-order valence-corrected chi connectivity index (χ2v) is 4.89. The van der Waals surface area contributed by atoms with Gasteiger partial charge in [0.2, 0.25) is 5.91 Å². The topological polar surface area (TPSA) is 89.8 Å². The molecule has 0 aromatic carbocycles. The summed E-state index contributed by atoms with van der Waals surface area (Å²) in [7, 11) is 0. The molecule has 1 aliphatic rings. The first-order valence-corrected chi connectivity index (χ1v) is 6.92. The van der Waals surface area contributed by atoms with Crippen molar-refractivity contribution in [1.82, 2.24) is 5.48 Å². The molecule has 4 N–H and O–H groups in total. The van der Waals surface area contributed by atoms with Gasteiger partial charge < -0.3 is 10.2 Å². The molecule has 5 nitrogen and oxygen atoms in total. The van der Waals surface area contributed by atoms with Crippen LogP contribution in [-0.4, -0.2) is 33.5 Å². The first kappa shape index (κ1) is 17.2. The number of allylic oxidation sites excluding steroid dienone is 3. The fraction of sp³-hybridized carbons (Fsp3) is 0.438. The van der Waals surface area contributed by atoms with E-state index in [2.05, 4.69) is 11.8 Å². The van der Waals surface area contributed by atoms with Gasteiger partial charge in [0, 0.05) is 6.42 Å². The maximum Gasteiger partial charge on any atom is 0.247 e. The zero-order valence-electron chi connectivity index (χ0n) is 11.8. The molecular formula is C16H21NO4. The molecule has 1 fully saturated rings. The highest BCUT2D eigenvalue weighted by Crippen LogP contribution is 2.33. The van der Waals surface area contributed by atoms with Gasteiger partial charge >= 0.3 is 0 Å². The third-order valence-corrected chi connectivity index (χ3v) is 2.87. The molecule has 2 atom stereocenters. The number of rotatable bonds is 7. The van der Waals surface area contributed by atoms with E-state index in [0.29, 0.717) is 5.92 Å². The lowest BCUT2D eigenvalue weighted by Crippen LogP contribution is -2.17. The van der Waals surface area contributed by atoms with Crippen LogP contribution in [0.5, 0.6) is 0 Å². The number of hydroxylamine groups is 1. The van der Waals surface area contributed by atoms with E-state index < -0.39 is 18.1 Å². The third-order valence-electron chi connectivity index (χ3n) is 2.87. The molecule has 0 aliphatic heterocycles. The smallest absolute Gasteiger partial charge is 0.247 e. The molecule has 0 spiro atoms. The number of hydrogen-bond acceptors (Lipinski definition) is 4. The van der Waals surface area contributed by atoms with E-state index in [1.165, 1.54) is 30.5 Å². The van der Waals surface area contributed by atoms with Crippen molar-refractivity contribution in [3.63, 3.8) is 0 Å². The Kier molecular flexibility index (Phi) is 8.14. The lowest BCUT2D eigenvalue weighted by atomic mass is 10.1. The minimum atomic E-state index is -0.967. The molecule has 1 aliphatic carbocycles. The van der Waals surface area contributed by atoms with Crippen molar-refractivity contribution in [2.45, 2.75) is 37.9 Å². The number of carbonyl (C=O) groups excluding carboxylic acids is 1. The van der Waals surface area contributed by atoms with Gasteiger partial charge in [-0.2, -0.15) is 0 Å². The fourth-order valence-corrected chi connectivity index (χ4v) is 1.60. The Balaban J connectivity index is 2.21. The van der Waals surface area contributed by atoms with Gasteiger partial charge in [-0.25, -0.2) is 5.48 Å². The highest BCUT2D eigenvalue weighted by atomic mass is 16.5. The van der Waals surface area contributed by atoms with Crippen molar-refractivity contribution in [2.75, 3.05) is 0 Å². The lowest BCUT2D eigenvalue weighted by Gasteiger charge is -2.01. The Morgan fingerprint density at radius 3 is 2.71 bits per heavy atom. The number of amides is 1. The van der Waals surface area contributed by atoms with Crippen molar-refractivity contribution in [3.8, 4) is 11.8 Å². The summed E-state index contributed by atoms with van der Waals surface area (Å²) in [5.41, 5.74) is 1.48. The van der Waals surface area contributed by atoms with E-state index in [1.54, 1.807) is 24.3 Å². The van der Waals surface area contributed by atoms with E-state index in [4.69, 9.17) is 5.21 Å². The van der Waals surface area contributed by atoms with E-state index in [1.807, 2.05) is 0 Å². The van der Waals surface area contributed by atoms with Crippen LogP contribution < -0.4 is 5.48 Å². The molecule has 0 radical (unpaired) electrons. The highest BCUT2D eigenvalue weighted by molar-refractivity contribution is 5.76. The quantitative estimate of drug-likeness (QED) is 0.186. The molecule has 0 bridgehead atoms. The zero-order valence-corrected chi connectivity index (χ0v) is 11.8. The maximum absolute atomic E-state index is 10.7. The van der Waals surface area contributed by atoms with Gasteiger partial charge in [0.25, 0.3) is 0 Å². The van der Waals surface area contributed by atoms with Gasteiger partial charge in [-0.1, -0.05) is 49.0 Å². The Labute approximate surface area is 124 Å². The second-order valence-electron chi connectivity index (χ2n) is 4.89. The van der Waals surface area contributed by atoms with E-state index >= 15 is 0 Å². The monoisotopic (exact) mass is 291 g/mol. The Hall–Kier alpha value is -1.87. The van der Waals surface area contributed by atoms with Crippen LogP contribution in [0.3, 0.4) is 0 Å². The first-order chi connectivity index (χ1) is 10.1. The van der Waals surface area contributed by atoms with Crippen molar-refractivity contribution in [1.29, 1.82) is 0 Å². The van der Waals surface area contributed by atoms with Gasteiger partial charge in [0.05, 0.1) is 6.10 Å². The van der Waals surface area contributed by atoms with Gasteiger partial charge in [-0.3, -0.25) is 10.0 Å². The summed E-state index contributed by atoms with van der Waals surface area (Å²) in [6.45, 7) is 0. The summed E-state index contributed by atoms with van der Waals surface area (Å²) in [4.78, 5) is 10.7. The number of aliphatic hydroxyl groups is 2. The summed E-state index contributed by atoms with van der Waals surface area (Å²) in [5, 5.41) is 27.3. The SMILES string of the molecule is O=C(C/C=C/C(O)C#CC=CC=CC(O)CC1CC1)NO. The van der Waals surface area contributed by atoms with Crippen molar-refractivity contribution >= 4 is 5.91 Å². The molecule has 2 unspecified atom stereocenters. The van der Waals surface area contributed by atoms with Crippen molar-refractivity contribution < 1.29 is 20.2 Å². The zero-order chi connectivity index (χ0) is 15.5. The number of aliphatic hydroxyl groups excluding tert-OH is 2. The normalized spacial score (nSPS) is 17.9. The van der Waals surface area contributed by atoms with Crippen LogP contribution in [0.25, 0.3) is 0 Å². The molecule has 1 rings (SSSR count). The maximum atomic E-state index is 10.7. The Bertz CT molecular complexity index is 466. The Morgan fingerprint density at radius 2 is 2.05 bits per heavy atom. The van der Waals surface area contributed by atoms with Crippen molar-refractivity contribution in [2.24, 2.45) is 5.92 Å². The van der Waals surface area contributed by atoms with Gasteiger partial charge in [-0.05, 0) is 24.5 Å². The van der Waals surface area contributed by atoms with Crippen LogP contribution in [0.1, 0.15) is 25.7 Å². The summed E-state index contributed by atoms with van der Waals surface area (Å²) >= 11 is 0. The van der Waals surface area contributed by atoms with Crippen LogP contribution in [0.2, 0.25) is 0 Å². The number of hydrogen-bond donors (Lipinski definition) is 4. The number of carbonyl (C=O) groups is 1. The van der Waals surface area contributed by atoms with Crippen molar-refractivity contribution in [3.05, 3.63) is 36.5 Å². The van der Waals surface area contributed by atoms with Crippen LogP contribution in [0.15, 0.2) is 36.5 Å². The van der Waals surface area contributed by atoms with Crippen LogP contribution in [0.4, 0.5) is 0 Å². The molecular weight excluding hydrogens is 270 g/mol. The van der Waals surface area contributed by atoms with E-state index in [-0.39, 0.29) is 6.42 Å². The standard InChI is InChI=1S/C16H21NO4/c18-14(8-5-9-16(20)17-21)6-3-1-2-4-7-15(19)12-13-10-11-13/h1-2,4-5,7-8,13-15,18-19,21H,9-12H2,(H,17,20)/b2-1?,7-4?,8-5+. The molecule has 1 amide bonds. The first-order valence-electron chi connectivity index (χ1n) is 6.92. The second kappa shape index (κ2) is 9.94. The predicted molar refractivity (Wildman–Crippen MR) is 79.1 cm³/mol. The minimum Gasteiger partial charge on any atom is -0.389 e. The van der Waals surface area contributed by atoms with Crippen LogP contribution in [0, 0.1) is 17.8 Å². The van der Waals surface area contributed by atoms with E-state index in [0.717, 1.165) is 6.42 Å². The molecule has 21 heavy (non-hydrogen) atoms. The molecule has 0 aromatic heterocycles. The average Bonchev–Trinajstić information content (AvgIpc) is 3.26. The van der Waals surface area contributed by atoms with Crippen LogP contribution >= 0.6 is 0 Å². The number of nitrogens with one attached hydrogen (secondary N) is 1. The predicted octanol–water partition coefficient (Wildman–Crippen LogP) is 1.08. The molecule has 0 aromatic rings. The average molecular weight is 291 g/mol. The molecule has 1 saturated carbocycles. The summed E-state index contributed by atoms with van der Waals surface area (Å²) < 4.78 is 0. The minimum absolute atomic E-state index is 0.0211. The molecule has 114 valence electrons. The van der Waals surface area contributed by atoms with Crippen LogP contribution in [-0.2, 0) is 4.79 Å². The largest absolute Gasteiger partial charge is 0.389 e. The molecule has 5 heteroatoms.